The molecule has 6 nitrogen and oxygen atoms in total. The van der Waals surface area contributed by atoms with Gasteiger partial charge in [0.05, 0.1) is 0 Å². The molecule has 0 saturated carbocycles. The van der Waals surface area contributed by atoms with Gasteiger partial charge in [-0.15, -0.1) is 0 Å². The quantitative estimate of drug-likeness (QED) is 0.377. The fraction of sp³-hybridized carbons (Fsp3) is 0. The number of nitrogens with one attached hydrogen (secondary N) is 2. The molecule has 0 spiro atoms. The number of aliphatic imine (C=N–C) groups is 1. The smallest absolute Gasteiger partial charge is 0.181 e. The average Bonchev–Trinajstić information content (AvgIpc) is 3.25. The summed E-state index contributed by atoms with van der Waals surface area (Å²) in [4.78, 5) is 8.88. The molecule has 0 saturated heterocycles. The number of benzene rings is 3. The van der Waals surface area contributed by atoms with E-state index < -0.39 is 0 Å². The lowest BCUT2D eigenvalue weighted by Gasteiger charge is -2.07. The third-order valence-corrected chi connectivity index (χ3v) is 4.26. The highest BCUT2D eigenvalue weighted by Crippen LogP contribution is 2.23. The van der Waals surface area contributed by atoms with Gasteiger partial charge in [-0.05, 0) is 0 Å². The number of H-pyrrole nitrogens is 1. The molecule has 0 radical (unpaired) electrons. The van der Waals surface area contributed by atoms with Crippen molar-refractivity contribution in [1.82, 2.24) is 15.2 Å². The number of nitrogens with zero attached hydrogens (tertiary/aromatic N) is 3. The molecule has 0 unspecified atom stereocenters. The molecule has 136 valence electrons. The van der Waals surface area contributed by atoms with Crippen LogP contribution in [0.1, 0.15) is 11.1 Å². The van der Waals surface area contributed by atoms with Crippen molar-refractivity contribution in [2.45, 2.75) is 0 Å². The molecule has 0 amide bonds. The Kier molecular flexibility index (Phi) is 4.76. The minimum absolute atomic E-state index is 0.107. The van der Waals surface area contributed by atoms with Gasteiger partial charge < -0.3 is 5.73 Å². The van der Waals surface area contributed by atoms with Crippen LogP contribution < -0.4 is 5.73 Å². The van der Waals surface area contributed by atoms with Gasteiger partial charge in [0, 0.05) is 22.3 Å². The molecule has 4 aromatic rings. The minimum Gasteiger partial charge on any atom is -0.383 e. The summed E-state index contributed by atoms with van der Waals surface area (Å²) in [6.07, 6.45) is 0. The van der Waals surface area contributed by atoms with Crippen LogP contribution in [0.25, 0.3) is 22.8 Å². The van der Waals surface area contributed by atoms with Crippen molar-refractivity contribution >= 4 is 11.7 Å². The Hall–Kier alpha value is -4.06. The molecule has 28 heavy (non-hydrogen) atoms. The van der Waals surface area contributed by atoms with Crippen molar-refractivity contribution in [3.8, 4) is 22.8 Å². The zero-order valence-electron chi connectivity index (χ0n) is 15.0. The molecule has 6 heteroatoms. The number of aromatic amines is 1. The van der Waals surface area contributed by atoms with Gasteiger partial charge in [-0.2, -0.15) is 5.10 Å². The summed E-state index contributed by atoms with van der Waals surface area (Å²) in [6, 6.07) is 26.6. The normalized spacial score (nSPS) is 11.4. The first kappa shape index (κ1) is 17.4. The van der Waals surface area contributed by atoms with Crippen LogP contribution in [0.15, 0.2) is 89.9 Å². The van der Waals surface area contributed by atoms with E-state index in [1.165, 1.54) is 0 Å². The second-order valence-electron chi connectivity index (χ2n) is 6.13. The molecule has 0 aliphatic rings. The summed E-state index contributed by atoms with van der Waals surface area (Å²) in [7, 11) is 0. The summed E-state index contributed by atoms with van der Waals surface area (Å²) in [6.45, 7) is 0. The summed E-state index contributed by atoms with van der Waals surface area (Å²) >= 11 is 0. The van der Waals surface area contributed by atoms with Gasteiger partial charge in [-0.3, -0.25) is 10.5 Å². The number of hydrogen-bond acceptors (Lipinski definition) is 3. The standard InChI is InChI=1S/C22H18N6/c23-19(15-9-3-1-4-10-15)25-20(24)17-13-7-8-14-18(17)22-26-21(27-28-22)16-11-5-2-6-12-16/h1-14H,(H3,23,24,25)(H,26,27,28). The highest BCUT2D eigenvalue weighted by atomic mass is 15.2. The molecule has 0 aliphatic heterocycles. The third kappa shape index (κ3) is 3.57. The van der Waals surface area contributed by atoms with Crippen molar-refractivity contribution in [2.24, 2.45) is 10.7 Å². The van der Waals surface area contributed by atoms with E-state index in [1.807, 2.05) is 84.9 Å². The lowest BCUT2D eigenvalue weighted by Crippen LogP contribution is -2.17. The summed E-state index contributed by atoms with van der Waals surface area (Å²) in [5.41, 5.74) is 9.34. The first-order valence-corrected chi connectivity index (χ1v) is 8.78. The minimum atomic E-state index is 0.107. The van der Waals surface area contributed by atoms with Gasteiger partial charge >= 0.3 is 0 Å². The van der Waals surface area contributed by atoms with Gasteiger partial charge in [-0.1, -0.05) is 84.9 Å². The van der Waals surface area contributed by atoms with Crippen molar-refractivity contribution < 1.29 is 0 Å². The Balaban J connectivity index is 1.69. The lowest BCUT2D eigenvalue weighted by atomic mass is 10.1. The second-order valence-corrected chi connectivity index (χ2v) is 6.13. The molecular formula is C22H18N6. The molecule has 0 atom stereocenters. The van der Waals surface area contributed by atoms with Gasteiger partial charge in [0.2, 0.25) is 0 Å². The maximum absolute atomic E-state index is 8.20. The highest BCUT2D eigenvalue weighted by molar-refractivity contribution is 6.11. The molecule has 1 aromatic heterocycles. The third-order valence-electron chi connectivity index (χ3n) is 4.26. The Morgan fingerprint density at radius 3 is 2.25 bits per heavy atom. The molecule has 4 N–H and O–H groups in total. The molecule has 0 aliphatic carbocycles. The predicted molar refractivity (Wildman–Crippen MR) is 111 cm³/mol. The molecule has 1 heterocycles. The average molecular weight is 366 g/mol. The maximum Gasteiger partial charge on any atom is 0.181 e. The zero-order valence-corrected chi connectivity index (χ0v) is 15.0. The Labute approximate surface area is 162 Å². The van der Waals surface area contributed by atoms with Gasteiger partial charge in [0.25, 0.3) is 0 Å². The monoisotopic (exact) mass is 366 g/mol. The van der Waals surface area contributed by atoms with Gasteiger partial charge in [0.1, 0.15) is 5.84 Å². The fourth-order valence-electron chi connectivity index (χ4n) is 2.85. The van der Waals surface area contributed by atoms with Crippen LogP contribution in [0.4, 0.5) is 0 Å². The Morgan fingerprint density at radius 1 is 0.857 bits per heavy atom. The van der Waals surface area contributed by atoms with Crippen molar-refractivity contribution in [3.05, 3.63) is 96.1 Å². The first-order valence-electron chi connectivity index (χ1n) is 8.78. The summed E-state index contributed by atoms with van der Waals surface area (Å²) in [5, 5.41) is 15.5. The molecule has 0 bridgehead atoms. The van der Waals surface area contributed by atoms with Crippen LogP contribution >= 0.6 is 0 Å². The molecule has 3 aromatic carbocycles. The van der Waals surface area contributed by atoms with E-state index in [4.69, 9.17) is 11.1 Å². The van der Waals surface area contributed by atoms with Crippen molar-refractivity contribution in [3.63, 3.8) is 0 Å². The van der Waals surface area contributed by atoms with Crippen LogP contribution in [0, 0.1) is 5.41 Å². The van der Waals surface area contributed by atoms with Gasteiger partial charge in [0.15, 0.2) is 17.5 Å². The van der Waals surface area contributed by atoms with Crippen molar-refractivity contribution in [2.75, 3.05) is 0 Å². The highest BCUT2D eigenvalue weighted by Gasteiger charge is 2.14. The van der Waals surface area contributed by atoms with Gasteiger partial charge in [-0.25, -0.2) is 9.98 Å². The Morgan fingerprint density at radius 2 is 1.50 bits per heavy atom. The molecular weight excluding hydrogens is 348 g/mol. The number of nitrogens with two attached hydrogens (primary N) is 1. The first-order chi connectivity index (χ1) is 13.7. The maximum atomic E-state index is 8.20. The summed E-state index contributed by atoms with van der Waals surface area (Å²) in [5.74, 6) is 1.56. The topological polar surface area (TPSA) is 104 Å². The van der Waals surface area contributed by atoms with Crippen LogP contribution in [0.2, 0.25) is 0 Å². The van der Waals surface area contributed by atoms with E-state index in [0.29, 0.717) is 22.8 Å². The van der Waals surface area contributed by atoms with Crippen molar-refractivity contribution in [1.29, 1.82) is 5.41 Å². The largest absolute Gasteiger partial charge is 0.383 e. The lowest BCUT2D eigenvalue weighted by molar-refractivity contribution is 1.10. The van der Waals surface area contributed by atoms with E-state index in [1.54, 1.807) is 0 Å². The molecule has 4 rings (SSSR count). The number of amidine groups is 2. The van der Waals surface area contributed by atoms with Crippen LogP contribution in [0.5, 0.6) is 0 Å². The zero-order chi connectivity index (χ0) is 19.3. The predicted octanol–water partition coefficient (Wildman–Crippen LogP) is 3.87. The van der Waals surface area contributed by atoms with E-state index in [0.717, 1.165) is 11.1 Å². The van der Waals surface area contributed by atoms with E-state index >= 15 is 0 Å². The summed E-state index contributed by atoms with van der Waals surface area (Å²) < 4.78 is 0. The molecule has 0 fully saturated rings. The van der Waals surface area contributed by atoms with Crippen LogP contribution in [0.3, 0.4) is 0 Å². The SMILES string of the molecule is N=C(N=C(N)c1ccccc1-c1nc(-c2ccccc2)n[nH]1)c1ccccc1. The van der Waals surface area contributed by atoms with Crippen LogP contribution in [-0.2, 0) is 0 Å². The van der Waals surface area contributed by atoms with E-state index in [-0.39, 0.29) is 11.7 Å². The number of rotatable bonds is 4. The van der Waals surface area contributed by atoms with E-state index in [9.17, 15) is 0 Å². The fourth-order valence-corrected chi connectivity index (χ4v) is 2.85. The second kappa shape index (κ2) is 7.67. The Bertz CT molecular complexity index is 1130. The van der Waals surface area contributed by atoms with E-state index in [2.05, 4.69) is 20.2 Å². The number of hydrogen-bond donors (Lipinski definition) is 3. The van der Waals surface area contributed by atoms with Crippen LogP contribution in [-0.4, -0.2) is 26.9 Å². The number of aromatic nitrogens is 3.